The van der Waals surface area contributed by atoms with E-state index in [2.05, 4.69) is 74.5 Å². The van der Waals surface area contributed by atoms with Gasteiger partial charge in [-0.25, -0.2) is 0 Å². The van der Waals surface area contributed by atoms with Crippen molar-refractivity contribution in [2.75, 3.05) is 25.7 Å². The minimum atomic E-state index is -1.04. The van der Waals surface area contributed by atoms with Crippen molar-refractivity contribution in [3.8, 4) is 0 Å². The maximum absolute atomic E-state index is 5.90. The minimum Gasteiger partial charge on any atom is -0.385 e. The van der Waals surface area contributed by atoms with E-state index in [4.69, 9.17) is 9.47 Å². The Morgan fingerprint density at radius 3 is 1.62 bits per heavy atom. The second-order valence-electron chi connectivity index (χ2n) is 6.97. The van der Waals surface area contributed by atoms with Crippen LogP contribution in [0.25, 0.3) is 0 Å². The van der Waals surface area contributed by atoms with Gasteiger partial charge in [-0.3, -0.25) is 0 Å². The molecule has 0 amide bonds. The summed E-state index contributed by atoms with van der Waals surface area (Å²) in [5, 5.41) is 0. The van der Waals surface area contributed by atoms with E-state index >= 15 is 0 Å². The van der Waals surface area contributed by atoms with Gasteiger partial charge >= 0.3 is 0 Å². The first kappa shape index (κ1) is 20.9. The summed E-state index contributed by atoms with van der Waals surface area (Å²) in [5.41, 5.74) is 2.82. The van der Waals surface area contributed by atoms with Crippen LogP contribution in [0.3, 0.4) is 0 Å². The van der Waals surface area contributed by atoms with Crippen molar-refractivity contribution >= 4 is 8.80 Å². The first-order valence-corrected chi connectivity index (χ1v) is 12.6. The number of ether oxygens (including phenoxy) is 2. The van der Waals surface area contributed by atoms with Crippen molar-refractivity contribution in [2.45, 2.75) is 45.1 Å². The molecule has 0 radical (unpaired) electrons. The Kier molecular flexibility index (Phi) is 10.3. The molecule has 0 atom stereocenters. The van der Waals surface area contributed by atoms with Crippen molar-refractivity contribution in [2.24, 2.45) is 0 Å². The Balaban J connectivity index is 2.02. The summed E-state index contributed by atoms with van der Waals surface area (Å²) < 4.78 is 11.8. The zero-order chi connectivity index (χ0) is 18.5. The summed E-state index contributed by atoms with van der Waals surface area (Å²) in [4.78, 5) is 0. The fourth-order valence-electron chi connectivity index (χ4n) is 3.30. The van der Waals surface area contributed by atoms with Gasteiger partial charge in [0.1, 0.15) is 0 Å². The van der Waals surface area contributed by atoms with E-state index in [0.29, 0.717) is 5.92 Å². The standard InChI is InChI=1S/C23H34O2Si/c1-3-16-24-19-26(20-25-17-4-2)18-15-23(21-11-7-5-8-12-21)22-13-9-6-10-14-22/h5-14,23,26H,3-4,15-20H2,1-2H3. The maximum Gasteiger partial charge on any atom is 0.0975 e. The quantitative estimate of drug-likeness (QED) is 0.349. The molecule has 0 fully saturated rings. The zero-order valence-corrected chi connectivity index (χ0v) is 17.6. The fourth-order valence-corrected chi connectivity index (χ4v) is 5.54. The van der Waals surface area contributed by atoms with Crippen LogP contribution in [-0.2, 0) is 9.47 Å². The van der Waals surface area contributed by atoms with Gasteiger partial charge in [-0.1, -0.05) is 80.6 Å². The first-order chi connectivity index (χ1) is 12.8. The van der Waals surface area contributed by atoms with Crippen LogP contribution in [0.2, 0.25) is 6.04 Å². The molecule has 0 aliphatic carbocycles. The Morgan fingerprint density at radius 1 is 0.731 bits per heavy atom. The van der Waals surface area contributed by atoms with Crippen LogP contribution in [0.1, 0.15) is 50.2 Å². The van der Waals surface area contributed by atoms with Gasteiger partial charge in [0.2, 0.25) is 0 Å². The molecule has 142 valence electrons. The van der Waals surface area contributed by atoms with E-state index < -0.39 is 8.80 Å². The molecular formula is C23H34O2Si. The molecule has 3 heteroatoms. The lowest BCUT2D eigenvalue weighted by molar-refractivity contribution is 0.153. The Labute approximate surface area is 161 Å². The van der Waals surface area contributed by atoms with Crippen molar-refractivity contribution < 1.29 is 9.47 Å². The third-order valence-electron chi connectivity index (χ3n) is 4.67. The van der Waals surface area contributed by atoms with E-state index in [1.54, 1.807) is 0 Å². The third-order valence-corrected chi connectivity index (χ3v) is 7.24. The van der Waals surface area contributed by atoms with Crippen molar-refractivity contribution in [1.29, 1.82) is 0 Å². The molecule has 0 spiro atoms. The molecule has 0 saturated carbocycles. The lowest BCUT2D eigenvalue weighted by Crippen LogP contribution is -2.28. The largest absolute Gasteiger partial charge is 0.385 e. The molecule has 2 rings (SSSR count). The topological polar surface area (TPSA) is 18.5 Å². The highest BCUT2D eigenvalue weighted by Crippen LogP contribution is 2.29. The van der Waals surface area contributed by atoms with Crippen molar-refractivity contribution in [1.82, 2.24) is 0 Å². The van der Waals surface area contributed by atoms with Crippen molar-refractivity contribution in [3.05, 3.63) is 71.8 Å². The van der Waals surface area contributed by atoms with Gasteiger partial charge in [0.15, 0.2) is 0 Å². The molecule has 2 aromatic carbocycles. The van der Waals surface area contributed by atoms with Gasteiger partial charge < -0.3 is 9.47 Å². The summed E-state index contributed by atoms with van der Waals surface area (Å²) in [6, 6.07) is 23.1. The maximum atomic E-state index is 5.90. The zero-order valence-electron chi connectivity index (χ0n) is 16.4. The molecule has 2 nitrogen and oxygen atoms in total. The summed E-state index contributed by atoms with van der Waals surface area (Å²) in [6.07, 6.45) is 5.23. The second kappa shape index (κ2) is 12.9. The third kappa shape index (κ3) is 7.44. The predicted octanol–water partition coefficient (Wildman–Crippen LogP) is 5.37. The van der Waals surface area contributed by atoms with E-state index in [1.165, 1.54) is 23.6 Å². The van der Waals surface area contributed by atoms with Gasteiger partial charge in [0.05, 0.1) is 8.80 Å². The van der Waals surface area contributed by atoms with Crippen LogP contribution < -0.4 is 0 Å². The Bertz CT molecular complexity index is 524. The first-order valence-electron chi connectivity index (χ1n) is 10.1. The van der Waals surface area contributed by atoms with Crippen LogP contribution in [0.4, 0.5) is 0 Å². The molecule has 0 unspecified atom stereocenters. The van der Waals surface area contributed by atoms with Crippen LogP contribution in [0.15, 0.2) is 60.7 Å². The average Bonchev–Trinajstić information content (AvgIpc) is 2.69. The molecule has 0 aliphatic heterocycles. The van der Waals surface area contributed by atoms with Crippen LogP contribution >= 0.6 is 0 Å². The monoisotopic (exact) mass is 370 g/mol. The Morgan fingerprint density at radius 2 is 1.19 bits per heavy atom. The highest BCUT2D eigenvalue weighted by Gasteiger charge is 2.18. The highest BCUT2D eigenvalue weighted by atomic mass is 28.3. The Hall–Kier alpha value is -1.42. The van der Waals surface area contributed by atoms with Gasteiger partial charge in [0.25, 0.3) is 0 Å². The predicted molar refractivity (Wildman–Crippen MR) is 114 cm³/mol. The molecule has 26 heavy (non-hydrogen) atoms. The normalized spacial score (nSPS) is 11.4. The summed E-state index contributed by atoms with van der Waals surface area (Å²) in [7, 11) is -1.04. The number of rotatable bonds is 13. The molecule has 0 N–H and O–H groups in total. The summed E-state index contributed by atoms with van der Waals surface area (Å²) in [5.74, 6) is 0.463. The molecule has 0 bridgehead atoms. The highest BCUT2D eigenvalue weighted by molar-refractivity contribution is 6.58. The van der Waals surface area contributed by atoms with Crippen LogP contribution in [0, 0.1) is 0 Å². The lowest BCUT2D eigenvalue weighted by atomic mass is 9.89. The second-order valence-corrected chi connectivity index (χ2v) is 9.94. The van der Waals surface area contributed by atoms with Gasteiger partial charge in [0, 0.05) is 31.6 Å². The fraction of sp³-hybridized carbons (Fsp3) is 0.478. The van der Waals surface area contributed by atoms with Gasteiger partial charge in [-0.05, 0) is 30.4 Å². The SMILES string of the molecule is CCCOC[SiH](CCC(c1ccccc1)c1ccccc1)COCCC. The van der Waals surface area contributed by atoms with E-state index in [-0.39, 0.29) is 0 Å². The molecule has 0 saturated heterocycles. The number of benzene rings is 2. The average molecular weight is 371 g/mol. The molecular weight excluding hydrogens is 336 g/mol. The van der Waals surface area contributed by atoms with E-state index in [0.717, 1.165) is 38.5 Å². The van der Waals surface area contributed by atoms with E-state index in [9.17, 15) is 0 Å². The van der Waals surface area contributed by atoms with Crippen LogP contribution in [0.5, 0.6) is 0 Å². The summed E-state index contributed by atoms with van der Waals surface area (Å²) >= 11 is 0. The number of hydrogen-bond donors (Lipinski definition) is 0. The molecule has 2 aromatic rings. The van der Waals surface area contributed by atoms with Crippen LogP contribution in [-0.4, -0.2) is 34.5 Å². The molecule has 0 heterocycles. The molecule has 0 aromatic heterocycles. The van der Waals surface area contributed by atoms with Gasteiger partial charge in [-0.15, -0.1) is 0 Å². The number of hydrogen-bond acceptors (Lipinski definition) is 2. The minimum absolute atomic E-state index is 0.463. The van der Waals surface area contributed by atoms with Gasteiger partial charge in [-0.2, -0.15) is 0 Å². The molecule has 0 aliphatic rings. The smallest absolute Gasteiger partial charge is 0.0975 e. The van der Waals surface area contributed by atoms with Crippen molar-refractivity contribution in [3.63, 3.8) is 0 Å². The van der Waals surface area contributed by atoms with E-state index in [1.807, 2.05) is 0 Å². The summed E-state index contributed by atoms with van der Waals surface area (Å²) in [6.45, 7) is 6.09. The lowest BCUT2D eigenvalue weighted by Gasteiger charge is -2.22.